The summed E-state index contributed by atoms with van der Waals surface area (Å²) >= 11 is 0. The summed E-state index contributed by atoms with van der Waals surface area (Å²) in [5.74, 6) is 0. The van der Waals surface area contributed by atoms with Crippen molar-refractivity contribution in [3.8, 4) is 0 Å². The van der Waals surface area contributed by atoms with Crippen molar-refractivity contribution in [3.05, 3.63) is 34.9 Å². The molecule has 2 aliphatic rings. The second kappa shape index (κ2) is 8.27. The van der Waals surface area contributed by atoms with E-state index >= 15 is 0 Å². The molecule has 128 valence electrons. The smallest absolute Gasteiger partial charge is 0.0564 e. The summed E-state index contributed by atoms with van der Waals surface area (Å²) in [6.07, 6.45) is 8.24. The molecule has 1 fully saturated rings. The lowest BCUT2D eigenvalue weighted by molar-refractivity contribution is 0.0820. The van der Waals surface area contributed by atoms with Crippen LogP contribution in [0.1, 0.15) is 61.8 Å². The summed E-state index contributed by atoms with van der Waals surface area (Å²) in [6, 6.07) is 7.53. The van der Waals surface area contributed by atoms with Crippen molar-refractivity contribution in [1.82, 2.24) is 10.2 Å². The van der Waals surface area contributed by atoms with Crippen molar-refractivity contribution in [2.75, 3.05) is 26.2 Å². The summed E-state index contributed by atoms with van der Waals surface area (Å²) < 4.78 is 0. The number of nitrogens with zero attached hydrogens (tertiary/aromatic N) is 1. The molecule has 1 aliphatic carbocycles. The molecule has 1 aromatic carbocycles. The number of rotatable bonds is 6. The number of piperidine rings is 1. The van der Waals surface area contributed by atoms with Gasteiger partial charge >= 0.3 is 0 Å². The lowest BCUT2D eigenvalue weighted by Gasteiger charge is -2.29. The molecule has 1 saturated heterocycles. The van der Waals surface area contributed by atoms with E-state index in [9.17, 15) is 5.11 Å². The second-order valence-corrected chi connectivity index (χ2v) is 7.34. The maximum atomic E-state index is 9.54. The number of nitrogens with one attached hydrogen (secondary N) is 1. The van der Waals surface area contributed by atoms with Gasteiger partial charge in [-0.25, -0.2) is 0 Å². The van der Waals surface area contributed by atoms with Crippen molar-refractivity contribution in [2.24, 2.45) is 0 Å². The summed E-state index contributed by atoms with van der Waals surface area (Å²) in [5, 5.41) is 13.2. The maximum absolute atomic E-state index is 9.54. The van der Waals surface area contributed by atoms with Gasteiger partial charge in [0.05, 0.1) is 6.10 Å². The van der Waals surface area contributed by atoms with E-state index in [0.717, 1.165) is 39.0 Å². The number of aliphatic hydroxyl groups is 1. The van der Waals surface area contributed by atoms with Crippen LogP contribution < -0.4 is 5.32 Å². The molecule has 3 heteroatoms. The molecule has 23 heavy (non-hydrogen) atoms. The van der Waals surface area contributed by atoms with Crippen LogP contribution in [0.5, 0.6) is 0 Å². The Labute approximate surface area is 141 Å². The number of aryl methyl sites for hydroxylation is 2. The van der Waals surface area contributed by atoms with Gasteiger partial charge in [-0.15, -0.1) is 0 Å². The molecule has 2 N–H and O–H groups in total. The van der Waals surface area contributed by atoms with Crippen LogP contribution in [0.15, 0.2) is 18.2 Å². The predicted molar refractivity (Wildman–Crippen MR) is 95.8 cm³/mol. The lowest BCUT2D eigenvalue weighted by atomic mass is 9.89. The minimum atomic E-state index is -0.0617. The summed E-state index contributed by atoms with van der Waals surface area (Å²) in [4.78, 5) is 2.48. The van der Waals surface area contributed by atoms with Crippen molar-refractivity contribution < 1.29 is 5.11 Å². The highest BCUT2D eigenvalue weighted by molar-refractivity contribution is 5.35. The van der Waals surface area contributed by atoms with Gasteiger partial charge in [0.15, 0.2) is 0 Å². The van der Waals surface area contributed by atoms with E-state index in [1.54, 1.807) is 11.1 Å². The fraction of sp³-hybridized carbons (Fsp3) is 0.700. The van der Waals surface area contributed by atoms with Crippen molar-refractivity contribution in [3.63, 3.8) is 0 Å². The molecule has 1 aromatic rings. The van der Waals surface area contributed by atoms with E-state index in [1.807, 2.05) is 0 Å². The lowest BCUT2D eigenvalue weighted by Crippen LogP contribution is -2.37. The first-order chi connectivity index (χ1) is 11.2. The van der Waals surface area contributed by atoms with Gasteiger partial charge in [0.25, 0.3) is 0 Å². The van der Waals surface area contributed by atoms with E-state index in [4.69, 9.17) is 0 Å². The van der Waals surface area contributed by atoms with Crippen molar-refractivity contribution in [1.29, 1.82) is 0 Å². The van der Waals surface area contributed by atoms with Crippen molar-refractivity contribution in [2.45, 2.75) is 64.0 Å². The Morgan fingerprint density at radius 1 is 1.17 bits per heavy atom. The number of hydrogen-bond donors (Lipinski definition) is 2. The highest BCUT2D eigenvalue weighted by atomic mass is 16.3. The van der Waals surface area contributed by atoms with E-state index in [1.165, 1.54) is 37.7 Å². The largest absolute Gasteiger partial charge is 0.393 e. The standard InChI is InChI=1S/C20H32N2O/c1-16(18-8-7-17-5-2-3-6-19(17)15-18)21-11-4-12-22-13-9-20(23)10-14-22/h7-8,15-16,20-21,23H,2-6,9-14H2,1H3. The Hall–Kier alpha value is -0.900. The third-order valence-electron chi connectivity index (χ3n) is 5.53. The minimum absolute atomic E-state index is 0.0617. The zero-order chi connectivity index (χ0) is 16.1. The Morgan fingerprint density at radius 2 is 1.91 bits per heavy atom. The summed E-state index contributed by atoms with van der Waals surface area (Å²) in [5.41, 5.74) is 4.58. The van der Waals surface area contributed by atoms with Crippen molar-refractivity contribution >= 4 is 0 Å². The van der Waals surface area contributed by atoms with Crippen LogP contribution in [-0.2, 0) is 12.8 Å². The normalized spacial score (nSPS) is 21.1. The van der Waals surface area contributed by atoms with Gasteiger partial charge in [-0.1, -0.05) is 18.2 Å². The van der Waals surface area contributed by atoms with Gasteiger partial charge in [-0.2, -0.15) is 0 Å². The number of aliphatic hydroxyl groups excluding tert-OH is 1. The minimum Gasteiger partial charge on any atom is -0.393 e. The molecule has 0 radical (unpaired) electrons. The second-order valence-electron chi connectivity index (χ2n) is 7.34. The van der Waals surface area contributed by atoms with E-state index in [2.05, 4.69) is 35.3 Å². The van der Waals surface area contributed by atoms with Crippen LogP contribution in [0.4, 0.5) is 0 Å². The molecule has 1 unspecified atom stereocenters. The molecule has 1 atom stereocenters. The van der Waals surface area contributed by atoms with Gasteiger partial charge in [0.2, 0.25) is 0 Å². The zero-order valence-electron chi connectivity index (χ0n) is 14.6. The van der Waals surface area contributed by atoms with Crippen LogP contribution in [0.25, 0.3) is 0 Å². The maximum Gasteiger partial charge on any atom is 0.0564 e. The van der Waals surface area contributed by atoms with Gasteiger partial charge in [0.1, 0.15) is 0 Å². The van der Waals surface area contributed by atoms with E-state index in [-0.39, 0.29) is 6.10 Å². The molecule has 0 aromatic heterocycles. The van der Waals surface area contributed by atoms with Gasteiger partial charge in [-0.05, 0) is 81.6 Å². The molecule has 0 saturated carbocycles. The van der Waals surface area contributed by atoms with Crippen LogP contribution in [0.3, 0.4) is 0 Å². The zero-order valence-corrected chi connectivity index (χ0v) is 14.6. The first-order valence-electron chi connectivity index (χ1n) is 9.48. The third-order valence-corrected chi connectivity index (χ3v) is 5.53. The number of hydrogen-bond acceptors (Lipinski definition) is 3. The summed E-state index contributed by atoms with van der Waals surface area (Å²) in [6.45, 7) is 6.61. The molecular weight excluding hydrogens is 284 g/mol. The highest BCUT2D eigenvalue weighted by Gasteiger charge is 2.16. The topological polar surface area (TPSA) is 35.5 Å². The van der Waals surface area contributed by atoms with Crippen LogP contribution in [0, 0.1) is 0 Å². The number of fused-ring (bicyclic) bond motifs is 1. The Kier molecular flexibility index (Phi) is 6.09. The molecule has 1 heterocycles. The Morgan fingerprint density at radius 3 is 2.70 bits per heavy atom. The molecular formula is C20H32N2O. The van der Waals surface area contributed by atoms with E-state index in [0.29, 0.717) is 6.04 Å². The molecule has 3 nitrogen and oxygen atoms in total. The van der Waals surface area contributed by atoms with Crippen LogP contribution in [0.2, 0.25) is 0 Å². The first-order valence-corrected chi connectivity index (χ1v) is 9.48. The monoisotopic (exact) mass is 316 g/mol. The average molecular weight is 316 g/mol. The molecule has 0 bridgehead atoms. The van der Waals surface area contributed by atoms with E-state index < -0.39 is 0 Å². The molecule has 1 aliphatic heterocycles. The predicted octanol–water partition coefficient (Wildman–Crippen LogP) is 3.06. The van der Waals surface area contributed by atoms with Gasteiger partial charge < -0.3 is 15.3 Å². The first kappa shape index (κ1) is 16.9. The van der Waals surface area contributed by atoms with Gasteiger partial charge in [-0.3, -0.25) is 0 Å². The SMILES string of the molecule is CC(NCCCN1CCC(O)CC1)c1ccc2c(c1)CCCC2. The Balaban J connectivity index is 1.40. The molecule has 3 rings (SSSR count). The Bertz CT molecular complexity index is 494. The molecule has 0 spiro atoms. The third kappa shape index (κ3) is 4.79. The molecule has 0 amide bonds. The highest BCUT2D eigenvalue weighted by Crippen LogP contribution is 2.24. The van der Waals surface area contributed by atoms with Crippen LogP contribution in [-0.4, -0.2) is 42.3 Å². The number of benzene rings is 1. The van der Waals surface area contributed by atoms with Gasteiger partial charge in [0, 0.05) is 19.1 Å². The van der Waals surface area contributed by atoms with Crippen LogP contribution >= 0.6 is 0 Å². The number of likely N-dealkylation sites (tertiary alicyclic amines) is 1. The quantitative estimate of drug-likeness (QED) is 0.792. The fourth-order valence-electron chi connectivity index (χ4n) is 3.90. The summed E-state index contributed by atoms with van der Waals surface area (Å²) in [7, 11) is 0. The average Bonchev–Trinajstić information content (AvgIpc) is 2.59. The fourth-order valence-corrected chi connectivity index (χ4v) is 3.90.